The molecule has 0 aliphatic rings. The summed E-state index contributed by atoms with van der Waals surface area (Å²) in [5.41, 5.74) is 0. The first-order chi connectivity index (χ1) is 27.4. The van der Waals surface area contributed by atoms with Gasteiger partial charge in [0, 0.05) is 19.3 Å². The van der Waals surface area contributed by atoms with Crippen LogP contribution in [0.2, 0.25) is 0 Å². The van der Waals surface area contributed by atoms with Crippen LogP contribution in [0.3, 0.4) is 0 Å². The Kier molecular flexibility index (Phi) is 43.2. The Hall–Kier alpha value is -1.59. The van der Waals surface area contributed by atoms with Crippen LogP contribution in [0.5, 0.6) is 0 Å². The molecule has 0 fully saturated rings. The first-order valence-corrected chi connectivity index (χ1v) is 24.9. The van der Waals surface area contributed by atoms with E-state index in [1.54, 1.807) is 0 Å². The Labute approximate surface area is 348 Å². The van der Waals surface area contributed by atoms with Gasteiger partial charge in [0.15, 0.2) is 6.10 Å². The van der Waals surface area contributed by atoms with Crippen molar-refractivity contribution in [2.24, 2.45) is 5.92 Å². The van der Waals surface area contributed by atoms with Crippen molar-refractivity contribution in [3.05, 3.63) is 0 Å². The zero-order chi connectivity index (χ0) is 41.0. The van der Waals surface area contributed by atoms with E-state index in [4.69, 9.17) is 14.2 Å². The van der Waals surface area contributed by atoms with E-state index in [0.29, 0.717) is 19.3 Å². The minimum absolute atomic E-state index is 0.0635. The molecule has 0 radical (unpaired) electrons. The quantitative estimate of drug-likeness (QED) is 0.0347. The van der Waals surface area contributed by atoms with Gasteiger partial charge >= 0.3 is 17.9 Å². The molecule has 0 bridgehead atoms. The minimum atomic E-state index is -0.759. The van der Waals surface area contributed by atoms with Gasteiger partial charge in [-0.1, -0.05) is 240 Å². The number of esters is 3. The molecule has 1 atom stereocenters. The SMILES string of the molecule is CCCCCCCCCCCCCCCCCCCC(=O)OC[C@H](COC(=O)CCCCCCCCCCC)OC(=O)CCCCCCCCCCCC(C)C. The molecule has 0 heterocycles. The highest BCUT2D eigenvalue weighted by molar-refractivity contribution is 5.71. The molecular weight excluding hydrogens is 697 g/mol. The fourth-order valence-electron chi connectivity index (χ4n) is 7.51. The van der Waals surface area contributed by atoms with Crippen LogP contribution in [-0.4, -0.2) is 37.2 Å². The van der Waals surface area contributed by atoms with Crippen LogP contribution in [0.25, 0.3) is 0 Å². The zero-order valence-corrected chi connectivity index (χ0v) is 38.1. The lowest BCUT2D eigenvalue weighted by atomic mass is 10.0. The summed E-state index contributed by atoms with van der Waals surface area (Å²) in [5, 5.41) is 0. The average molecular weight is 793 g/mol. The van der Waals surface area contributed by atoms with Crippen LogP contribution in [0.1, 0.15) is 278 Å². The van der Waals surface area contributed by atoms with Crippen LogP contribution in [-0.2, 0) is 28.6 Å². The van der Waals surface area contributed by atoms with E-state index in [2.05, 4.69) is 27.7 Å². The van der Waals surface area contributed by atoms with Crippen molar-refractivity contribution in [2.45, 2.75) is 284 Å². The molecule has 332 valence electrons. The highest BCUT2D eigenvalue weighted by Gasteiger charge is 2.19. The van der Waals surface area contributed by atoms with Crippen LogP contribution in [0, 0.1) is 5.92 Å². The summed E-state index contributed by atoms with van der Waals surface area (Å²) in [7, 11) is 0. The average Bonchev–Trinajstić information content (AvgIpc) is 3.18. The molecular formula is C50H96O6. The predicted octanol–water partition coefficient (Wildman–Crippen LogP) is 15.9. The minimum Gasteiger partial charge on any atom is -0.462 e. The third kappa shape index (κ3) is 43.5. The standard InChI is InChI=1S/C50H96O6/c1-5-7-9-11-13-15-16-17-18-19-20-21-22-26-30-34-38-42-49(52)55-45-47(44-54-48(51)41-37-33-29-24-14-12-10-8-6-2)56-50(53)43-39-35-31-27-23-25-28-32-36-40-46(3)4/h46-47H,5-45H2,1-4H3/t47-/m0/s1. The summed E-state index contributed by atoms with van der Waals surface area (Å²) in [5.74, 6) is -0.0456. The number of hydrogen-bond donors (Lipinski definition) is 0. The number of rotatable bonds is 45. The van der Waals surface area contributed by atoms with Gasteiger partial charge in [0.2, 0.25) is 0 Å². The molecule has 0 aliphatic carbocycles. The van der Waals surface area contributed by atoms with Gasteiger partial charge in [0.05, 0.1) is 0 Å². The van der Waals surface area contributed by atoms with Crippen LogP contribution in [0.15, 0.2) is 0 Å². The first-order valence-electron chi connectivity index (χ1n) is 24.9. The largest absolute Gasteiger partial charge is 0.462 e. The summed E-state index contributed by atoms with van der Waals surface area (Å²) in [6, 6.07) is 0. The third-order valence-corrected chi connectivity index (χ3v) is 11.3. The van der Waals surface area contributed by atoms with E-state index in [-0.39, 0.29) is 31.1 Å². The Morgan fingerprint density at radius 1 is 0.339 bits per heavy atom. The van der Waals surface area contributed by atoms with Crippen molar-refractivity contribution in [2.75, 3.05) is 13.2 Å². The van der Waals surface area contributed by atoms with E-state index in [1.165, 1.54) is 173 Å². The fourth-order valence-corrected chi connectivity index (χ4v) is 7.51. The molecule has 0 N–H and O–H groups in total. The topological polar surface area (TPSA) is 78.9 Å². The van der Waals surface area contributed by atoms with Gasteiger partial charge < -0.3 is 14.2 Å². The molecule has 0 saturated heterocycles. The summed E-state index contributed by atoms with van der Waals surface area (Å²) in [6.07, 6.45) is 45.2. The van der Waals surface area contributed by atoms with Gasteiger partial charge in [-0.05, 0) is 25.2 Å². The molecule has 0 rings (SSSR count). The number of hydrogen-bond acceptors (Lipinski definition) is 6. The highest BCUT2D eigenvalue weighted by atomic mass is 16.6. The molecule has 0 amide bonds. The summed E-state index contributed by atoms with van der Waals surface area (Å²) in [6.45, 7) is 8.98. The molecule has 6 nitrogen and oxygen atoms in total. The fraction of sp³-hybridized carbons (Fsp3) is 0.940. The Balaban J connectivity index is 4.25. The molecule has 0 aliphatic heterocycles. The van der Waals surface area contributed by atoms with Gasteiger partial charge in [0.1, 0.15) is 13.2 Å². The number of carbonyl (C=O) groups is 3. The third-order valence-electron chi connectivity index (χ3n) is 11.3. The van der Waals surface area contributed by atoms with E-state index in [1.807, 2.05) is 0 Å². The normalized spacial score (nSPS) is 11.9. The van der Waals surface area contributed by atoms with E-state index >= 15 is 0 Å². The molecule has 6 heteroatoms. The molecule has 0 unspecified atom stereocenters. The van der Waals surface area contributed by atoms with Crippen molar-refractivity contribution in [1.82, 2.24) is 0 Å². The van der Waals surface area contributed by atoms with Gasteiger partial charge in [-0.3, -0.25) is 14.4 Å². The first kappa shape index (κ1) is 54.4. The monoisotopic (exact) mass is 793 g/mol. The molecule has 0 spiro atoms. The number of carbonyl (C=O) groups excluding carboxylic acids is 3. The van der Waals surface area contributed by atoms with Crippen molar-refractivity contribution in [3.8, 4) is 0 Å². The Morgan fingerprint density at radius 3 is 0.875 bits per heavy atom. The smallest absolute Gasteiger partial charge is 0.306 e. The zero-order valence-electron chi connectivity index (χ0n) is 38.1. The second kappa shape index (κ2) is 44.5. The second-order valence-electron chi connectivity index (χ2n) is 17.6. The maximum absolute atomic E-state index is 12.7. The van der Waals surface area contributed by atoms with E-state index < -0.39 is 6.10 Å². The molecule has 56 heavy (non-hydrogen) atoms. The molecule has 0 aromatic carbocycles. The second-order valence-corrected chi connectivity index (χ2v) is 17.6. The molecule has 0 aromatic rings. The van der Waals surface area contributed by atoms with Crippen molar-refractivity contribution in [1.29, 1.82) is 0 Å². The van der Waals surface area contributed by atoms with Crippen LogP contribution < -0.4 is 0 Å². The lowest BCUT2D eigenvalue weighted by molar-refractivity contribution is -0.167. The lowest BCUT2D eigenvalue weighted by Crippen LogP contribution is -2.30. The predicted molar refractivity (Wildman–Crippen MR) is 238 cm³/mol. The molecule has 0 saturated carbocycles. The highest BCUT2D eigenvalue weighted by Crippen LogP contribution is 2.17. The van der Waals surface area contributed by atoms with Gasteiger partial charge in [-0.15, -0.1) is 0 Å². The number of unbranched alkanes of at least 4 members (excludes halogenated alkanes) is 32. The maximum Gasteiger partial charge on any atom is 0.306 e. The van der Waals surface area contributed by atoms with Crippen molar-refractivity contribution < 1.29 is 28.6 Å². The van der Waals surface area contributed by atoms with Crippen molar-refractivity contribution in [3.63, 3.8) is 0 Å². The van der Waals surface area contributed by atoms with E-state index in [0.717, 1.165) is 63.7 Å². The van der Waals surface area contributed by atoms with Crippen LogP contribution in [0.4, 0.5) is 0 Å². The summed E-state index contributed by atoms with van der Waals surface area (Å²) < 4.78 is 16.7. The van der Waals surface area contributed by atoms with Crippen molar-refractivity contribution >= 4 is 17.9 Å². The Morgan fingerprint density at radius 2 is 0.589 bits per heavy atom. The molecule has 0 aromatic heterocycles. The van der Waals surface area contributed by atoms with Crippen LogP contribution >= 0.6 is 0 Å². The van der Waals surface area contributed by atoms with Gasteiger partial charge in [-0.2, -0.15) is 0 Å². The van der Waals surface area contributed by atoms with Gasteiger partial charge in [0.25, 0.3) is 0 Å². The summed E-state index contributed by atoms with van der Waals surface area (Å²) in [4.78, 5) is 37.8. The van der Waals surface area contributed by atoms with Gasteiger partial charge in [-0.25, -0.2) is 0 Å². The van der Waals surface area contributed by atoms with E-state index in [9.17, 15) is 14.4 Å². The maximum atomic E-state index is 12.7. The summed E-state index contributed by atoms with van der Waals surface area (Å²) >= 11 is 0. The number of ether oxygens (including phenoxy) is 3. The Bertz CT molecular complexity index is 841. The lowest BCUT2D eigenvalue weighted by Gasteiger charge is -2.18.